The second-order valence-electron chi connectivity index (χ2n) is 6.38. The first kappa shape index (κ1) is 16.8. The maximum atomic E-state index is 12.4. The van der Waals surface area contributed by atoms with Gasteiger partial charge in [0.2, 0.25) is 0 Å². The molecule has 1 aliphatic rings. The summed E-state index contributed by atoms with van der Waals surface area (Å²) in [6, 6.07) is 0.475. The second kappa shape index (κ2) is 7.63. The van der Waals surface area contributed by atoms with Crippen molar-refractivity contribution in [3.8, 4) is 0 Å². The highest BCUT2D eigenvalue weighted by Crippen LogP contribution is 2.17. The Morgan fingerprint density at radius 1 is 1.45 bits per heavy atom. The summed E-state index contributed by atoms with van der Waals surface area (Å²) < 4.78 is 1.88. The number of likely N-dealkylation sites (tertiary alicyclic amines) is 1. The number of hydrogen-bond donors (Lipinski definition) is 1. The van der Waals surface area contributed by atoms with Crippen molar-refractivity contribution in [1.29, 1.82) is 0 Å². The van der Waals surface area contributed by atoms with Gasteiger partial charge in [0.05, 0.1) is 11.9 Å². The van der Waals surface area contributed by atoms with Gasteiger partial charge in [0.1, 0.15) is 0 Å². The van der Waals surface area contributed by atoms with E-state index in [2.05, 4.69) is 43.0 Å². The Bertz CT molecular complexity index is 481. The predicted octanol–water partition coefficient (Wildman–Crippen LogP) is 2.49. The maximum Gasteiger partial charge on any atom is 0.321 e. The zero-order chi connectivity index (χ0) is 16.1. The minimum Gasteiger partial charge on any atom is -0.323 e. The van der Waals surface area contributed by atoms with Gasteiger partial charge >= 0.3 is 6.03 Å². The molecule has 0 unspecified atom stereocenters. The van der Waals surface area contributed by atoms with Gasteiger partial charge < -0.3 is 10.2 Å². The van der Waals surface area contributed by atoms with Crippen molar-refractivity contribution in [2.45, 2.75) is 46.7 Å². The average Bonchev–Trinajstić information content (AvgIpc) is 3.09. The van der Waals surface area contributed by atoms with Crippen LogP contribution in [-0.2, 0) is 6.54 Å². The van der Waals surface area contributed by atoms with Gasteiger partial charge in [-0.25, -0.2) is 4.79 Å². The van der Waals surface area contributed by atoms with Crippen molar-refractivity contribution in [1.82, 2.24) is 19.6 Å². The zero-order valence-electron chi connectivity index (χ0n) is 14.2. The van der Waals surface area contributed by atoms with E-state index < -0.39 is 0 Å². The summed E-state index contributed by atoms with van der Waals surface area (Å²) in [4.78, 5) is 16.7. The number of hydrogen-bond acceptors (Lipinski definition) is 3. The van der Waals surface area contributed by atoms with E-state index in [1.165, 1.54) is 0 Å². The first-order valence-corrected chi connectivity index (χ1v) is 8.35. The fraction of sp³-hybridized carbons (Fsp3) is 0.750. The minimum absolute atomic E-state index is 0.0150. The number of likely N-dealkylation sites (N-methyl/N-ethyl adjacent to an activating group) is 1. The normalized spacial score (nSPS) is 18.5. The van der Waals surface area contributed by atoms with Crippen LogP contribution in [0.5, 0.6) is 0 Å². The monoisotopic (exact) mass is 307 g/mol. The predicted molar refractivity (Wildman–Crippen MR) is 89.0 cm³/mol. The summed E-state index contributed by atoms with van der Waals surface area (Å²) in [5.41, 5.74) is 0.775. The van der Waals surface area contributed by atoms with Crippen LogP contribution < -0.4 is 5.32 Å². The number of carbonyl (C=O) groups excluding carboxylic acids is 1. The molecule has 1 saturated heterocycles. The average molecular weight is 307 g/mol. The molecule has 2 amide bonds. The largest absolute Gasteiger partial charge is 0.323 e. The van der Waals surface area contributed by atoms with Crippen molar-refractivity contribution >= 4 is 11.7 Å². The molecule has 1 atom stereocenters. The van der Waals surface area contributed by atoms with Gasteiger partial charge in [-0.15, -0.1) is 0 Å². The molecule has 2 heterocycles. The summed E-state index contributed by atoms with van der Waals surface area (Å²) in [6.07, 6.45) is 4.68. The molecule has 0 radical (unpaired) electrons. The lowest BCUT2D eigenvalue weighted by Crippen LogP contribution is -2.39. The maximum absolute atomic E-state index is 12.4. The number of anilines is 1. The Hall–Kier alpha value is -1.56. The third-order valence-electron chi connectivity index (χ3n) is 4.22. The van der Waals surface area contributed by atoms with Crippen molar-refractivity contribution in [3.05, 3.63) is 12.4 Å². The first-order chi connectivity index (χ1) is 10.5. The van der Waals surface area contributed by atoms with E-state index in [-0.39, 0.29) is 6.03 Å². The second-order valence-corrected chi connectivity index (χ2v) is 6.38. The van der Waals surface area contributed by atoms with E-state index in [4.69, 9.17) is 0 Å². The number of carbonyl (C=O) groups is 1. The molecule has 1 aromatic rings. The van der Waals surface area contributed by atoms with E-state index in [9.17, 15) is 4.79 Å². The van der Waals surface area contributed by atoms with Crippen LogP contribution in [0, 0.1) is 5.92 Å². The van der Waals surface area contributed by atoms with Gasteiger partial charge in [0.15, 0.2) is 0 Å². The van der Waals surface area contributed by atoms with E-state index >= 15 is 0 Å². The molecule has 1 aliphatic heterocycles. The highest BCUT2D eigenvalue weighted by molar-refractivity contribution is 5.89. The molecule has 1 fully saturated rings. The third-order valence-corrected chi connectivity index (χ3v) is 4.22. The summed E-state index contributed by atoms with van der Waals surface area (Å²) >= 11 is 0. The third kappa shape index (κ3) is 4.22. The van der Waals surface area contributed by atoms with Gasteiger partial charge in [-0.05, 0) is 25.4 Å². The number of rotatable bonds is 6. The van der Waals surface area contributed by atoms with Gasteiger partial charge in [0, 0.05) is 31.9 Å². The highest BCUT2D eigenvalue weighted by atomic mass is 16.2. The van der Waals surface area contributed by atoms with Crippen LogP contribution in [0.15, 0.2) is 12.4 Å². The molecule has 0 saturated carbocycles. The fourth-order valence-corrected chi connectivity index (χ4v) is 3.07. The summed E-state index contributed by atoms with van der Waals surface area (Å²) in [7, 11) is 0. The number of urea groups is 1. The molecule has 1 aromatic heterocycles. The van der Waals surface area contributed by atoms with Crippen LogP contribution in [0.3, 0.4) is 0 Å². The van der Waals surface area contributed by atoms with E-state index in [0.29, 0.717) is 12.0 Å². The standard InChI is InChI=1S/C16H29N5O/c1-5-19(6-2)15-7-8-20(12-15)16(22)18-14-9-17-21(11-14)10-13(3)4/h9,11,13,15H,5-8,10,12H2,1-4H3,(H,18,22)/t15-/m1/s1. The Balaban J connectivity index is 1.86. The molecular weight excluding hydrogens is 278 g/mol. The molecule has 0 spiro atoms. The molecule has 2 rings (SSSR count). The Labute approximate surface area is 133 Å². The number of nitrogens with zero attached hydrogens (tertiary/aromatic N) is 4. The fourth-order valence-electron chi connectivity index (χ4n) is 3.07. The lowest BCUT2D eigenvalue weighted by Gasteiger charge is -2.26. The van der Waals surface area contributed by atoms with Crippen molar-refractivity contribution in [2.24, 2.45) is 5.92 Å². The van der Waals surface area contributed by atoms with E-state index in [1.54, 1.807) is 6.20 Å². The van der Waals surface area contributed by atoms with Crippen molar-refractivity contribution in [2.75, 3.05) is 31.5 Å². The number of amides is 2. The SMILES string of the molecule is CCN(CC)[C@@H]1CCN(C(=O)Nc2cnn(CC(C)C)c2)C1. The van der Waals surface area contributed by atoms with Gasteiger partial charge in [-0.1, -0.05) is 27.7 Å². The Morgan fingerprint density at radius 3 is 2.82 bits per heavy atom. The topological polar surface area (TPSA) is 53.4 Å². The van der Waals surface area contributed by atoms with Gasteiger partial charge in [-0.3, -0.25) is 9.58 Å². The molecular formula is C16H29N5O. The lowest BCUT2D eigenvalue weighted by atomic mass is 10.2. The Kier molecular flexibility index (Phi) is 5.83. The van der Waals surface area contributed by atoms with Crippen LogP contribution >= 0.6 is 0 Å². The molecule has 22 heavy (non-hydrogen) atoms. The zero-order valence-corrected chi connectivity index (χ0v) is 14.2. The van der Waals surface area contributed by atoms with Crippen molar-refractivity contribution in [3.63, 3.8) is 0 Å². The van der Waals surface area contributed by atoms with Gasteiger partial charge in [-0.2, -0.15) is 5.10 Å². The molecule has 6 nitrogen and oxygen atoms in total. The molecule has 124 valence electrons. The highest BCUT2D eigenvalue weighted by Gasteiger charge is 2.29. The quantitative estimate of drug-likeness (QED) is 0.878. The molecule has 1 N–H and O–H groups in total. The lowest BCUT2D eigenvalue weighted by molar-refractivity contribution is 0.202. The smallest absolute Gasteiger partial charge is 0.321 e. The summed E-state index contributed by atoms with van der Waals surface area (Å²) in [6.45, 7) is 13.2. The molecule has 0 aromatic carbocycles. The molecule has 6 heteroatoms. The minimum atomic E-state index is -0.0150. The number of aromatic nitrogens is 2. The van der Waals surface area contributed by atoms with Gasteiger partial charge in [0.25, 0.3) is 0 Å². The summed E-state index contributed by atoms with van der Waals surface area (Å²) in [5, 5.41) is 7.24. The Morgan fingerprint density at radius 2 is 2.18 bits per heavy atom. The van der Waals surface area contributed by atoms with Crippen LogP contribution in [0.4, 0.5) is 10.5 Å². The van der Waals surface area contributed by atoms with Crippen LogP contribution in [-0.4, -0.2) is 57.8 Å². The van der Waals surface area contributed by atoms with Crippen LogP contribution in [0.1, 0.15) is 34.1 Å². The summed E-state index contributed by atoms with van der Waals surface area (Å²) in [5.74, 6) is 0.539. The molecule has 0 bridgehead atoms. The first-order valence-electron chi connectivity index (χ1n) is 8.35. The van der Waals surface area contributed by atoms with Crippen LogP contribution in [0.25, 0.3) is 0 Å². The van der Waals surface area contributed by atoms with Crippen molar-refractivity contribution < 1.29 is 4.79 Å². The molecule has 0 aliphatic carbocycles. The van der Waals surface area contributed by atoms with E-state index in [0.717, 1.165) is 44.8 Å². The van der Waals surface area contributed by atoms with E-state index in [1.807, 2.05) is 15.8 Å². The van der Waals surface area contributed by atoms with Crippen LogP contribution in [0.2, 0.25) is 0 Å². The number of nitrogens with one attached hydrogen (secondary N) is 1.